The molecule has 0 heteroatoms. The Kier molecular flexibility index (Phi) is 13.7. The first-order valence-electron chi connectivity index (χ1n) is 13.3. The maximum atomic E-state index is 2.48. The lowest BCUT2D eigenvalue weighted by molar-refractivity contribution is 0.382. The third-order valence-corrected chi connectivity index (χ3v) is 7.51. The van der Waals surface area contributed by atoms with Crippen molar-refractivity contribution in [3.05, 3.63) is 34.4 Å². The maximum absolute atomic E-state index is 2.48. The van der Waals surface area contributed by atoms with Gasteiger partial charge in [0.05, 0.1) is 0 Å². The fourth-order valence-electron chi connectivity index (χ4n) is 4.89. The van der Waals surface area contributed by atoms with Gasteiger partial charge in [-0.15, -0.1) is 0 Å². The highest BCUT2D eigenvalue weighted by molar-refractivity contribution is 5.39. The smallest absolute Gasteiger partial charge is 0.0271 e. The molecule has 0 heterocycles. The molecule has 3 atom stereocenters. The second-order valence-electron chi connectivity index (χ2n) is 11.2. The van der Waals surface area contributed by atoms with E-state index in [4.69, 9.17) is 0 Å². The summed E-state index contributed by atoms with van der Waals surface area (Å²) in [5.74, 6) is 3.56. The quantitative estimate of drug-likeness (QED) is 0.236. The lowest BCUT2D eigenvalue weighted by Gasteiger charge is -2.17. The number of hydrogen-bond donors (Lipinski definition) is 0. The summed E-state index contributed by atoms with van der Waals surface area (Å²) in [5, 5.41) is 0. The lowest BCUT2D eigenvalue weighted by Crippen LogP contribution is -2.03. The van der Waals surface area contributed by atoms with Gasteiger partial charge in [0.1, 0.15) is 0 Å². The fraction of sp³-hybridized carbons (Fsp3) is 0.800. The molecule has 0 spiro atoms. The van der Waals surface area contributed by atoms with Crippen LogP contribution >= 0.6 is 0 Å². The molecule has 0 N–H and O–H groups in total. The van der Waals surface area contributed by atoms with Crippen LogP contribution in [0.3, 0.4) is 0 Å². The summed E-state index contributed by atoms with van der Waals surface area (Å²) < 4.78 is 0. The molecule has 0 amide bonds. The highest BCUT2D eigenvalue weighted by atomic mass is 14.2. The van der Waals surface area contributed by atoms with E-state index < -0.39 is 0 Å². The minimum Gasteiger partial charge on any atom is -0.0628 e. The van der Waals surface area contributed by atoms with Gasteiger partial charge in [-0.05, 0) is 79.5 Å². The second kappa shape index (κ2) is 15.1. The summed E-state index contributed by atoms with van der Waals surface area (Å²) >= 11 is 0. The van der Waals surface area contributed by atoms with Crippen LogP contribution in [0.25, 0.3) is 0 Å². The van der Waals surface area contributed by atoms with Gasteiger partial charge in [-0.25, -0.2) is 0 Å². The molecule has 0 saturated carbocycles. The highest BCUT2D eigenvalue weighted by Gasteiger charge is 2.10. The Morgan fingerprint density at radius 2 is 0.967 bits per heavy atom. The number of rotatable bonds is 16. The number of aryl methyl sites for hydroxylation is 2. The molecule has 30 heavy (non-hydrogen) atoms. The van der Waals surface area contributed by atoms with Gasteiger partial charge in [-0.3, -0.25) is 0 Å². The van der Waals surface area contributed by atoms with E-state index in [1.807, 2.05) is 0 Å². The van der Waals surface area contributed by atoms with Crippen LogP contribution < -0.4 is 0 Å². The van der Waals surface area contributed by atoms with Crippen molar-refractivity contribution in [2.75, 3.05) is 0 Å². The zero-order chi connectivity index (χ0) is 22.5. The van der Waals surface area contributed by atoms with Crippen molar-refractivity contribution in [1.82, 2.24) is 0 Å². The number of unbranched alkanes of at least 4 members (excludes halogenated alkanes) is 1. The van der Waals surface area contributed by atoms with Crippen molar-refractivity contribution in [3.63, 3.8) is 0 Å². The minimum absolute atomic E-state index is 0.850. The predicted octanol–water partition coefficient (Wildman–Crippen LogP) is 10.0. The molecule has 0 radical (unpaired) electrons. The molecule has 0 fully saturated rings. The largest absolute Gasteiger partial charge is 0.0628 e. The van der Waals surface area contributed by atoms with Crippen molar-refractivity contribution in [1.29, 1.82) is 0 Å². The zero-order valence-corrected chi connectivity index (χ0v) is 21.9. The van der Waals surface area contributed by atoms with E-state index in [1.165, 1.54) is 93.7 Å². The van der Waals surface area contributed by atoms with E-state index >= 15 is 0 Å². The Balaban J connectivity index is 2.11. The van der Waals surface area contributed by atoms with Crippen LogP contribution in [0.4, 0.5) is 0 Å². The van der Waals surface area contributed by atoms with Crippen LogP contribution in [0.5, 0.6) is 0 Å². The number of hydrogen-bond acceptors (Lipinski definition) is 0. The van der Waals surface area contributed by atoms with E-state index in [0.29, 0.717) is 0 Å². The van der Waals surface area contributed by atoms with Gasteiger partial charge in [0.2, 0.25) is 0 Å². The standard InChI is InChI=1S/C30H54/c1-23(2)13-11-16-24(3)14-9-10-15-25(4)17-12-18-26(5)19-22-30-28(7)21-20-27(6)29(30)8/h20-21,23-26H,9-19,22H2,1-8H3. The van der Waals surface area contributed by atoms with Crippen LogP contribution in [-0.4, -0.2) is 0 Å². The Hall–Kier alpha value is -0.780. The monoisotopic (exact) mass is 414 g/mol. The third-order valence-electron chi connectivity index (χ3n) is 7.51. The highest BCUT2D eigenvalue weighted by Crippen LogP contribution is 2.25. The molecule has 0 bridgehead atoms. The first-order valence-corrected chi connectivity index (χ1v) is 13.3. The molecular formula is C30H54. The maximum Gasteiger partial charge on any atom is -0.0271 e. The molecule has 0 aromatic heterocycles. The van der Waals surface area contributed by atoms with Crippen molar-refractivity contribution in [2.24, 2.45) is 23.7 Å². The van der Waals surface area contributed by atoms with Gasteiger partial charge < -0.3 is 0 Å². The second-order valence-corrected chi connectivity index (χ2v) is 11.2. The fourth-order valence-corrected chi connectivity index (χ4v) is 4.89. The summed E-state index contributed by atoms with van der Waals surface area (Å²) in [6, 6.07) is 4.57. The Bertz CT molecular complexity index is 568. The molecule has 3 unspecified atom stereocenters. The van der Waals surface area contributed by atoms with E-state index in [1.54, 1.807) is 5.56 Å². The molecule has 1 aromatic rings. The van der Waals surface area contributed by atoms with E-state index in [-0.39, 0.29) is 0 Å². The van der Waals surface area contributed by atoms with Crippen molar-refractivity contribution < 1.29 is 0 Å². The topological polar surface area (TPSA) is 0 Å². The SMILES string of the molecule is Cc1ccc(C)c(CCC(C)CCCC(C)CCCCC(C)CCCC(C)C)c1C. The van der Waals surface area contributed by atoms with Gasteiger partial charge in [-0.2, -0.15) is 0 Å². The van der Waals surface area contributed by atoms with Crippen molar-refractivity contribution >= 4 is 0 Å². The van der Waals surface area contributed by atoms with Crippen LogP contribution in [-0.2, 0) is 6.42 Å². The summed E-state index contributed by atoms with van der Waals surface area (Å²) in [4.78, 5) is 0. The first-order chi connectivity index (χ1) is 14.2. The molecular weight excluding hydrogens is 360 g/mol. The van der Waals surface area contributed by atoms with Crippen LogP contribution in [0.15, 0.2) is 12.1 Å². The van der Waals surface area contributed by atoms with E-state index in [9.17, 15) is 0 Å². The van der Waals surface area contributed by atoms with Gasteiger partial charge in [-0.1, -0.05) is 111 Å². The van der Waals surface area contributed by atoms with Crippen LogP contribution in [0.2, 0.25) is 0 Å². The molecule has 0 aliphatic heterocycles. The third kappa shape index (κ3) is 11.6. The van der Waals surface area contributed by atoms with Gasteiger partial charge in [0.25, 0.3) is 0 Å². The minimum atomic E-state index is 0.850. The van der Waals surface area contributed by atoms with E-state index in [2.05, 4.69) is 67.5 Å². The first kappa shape index (κ1) is 27.3. The van der Waals surface area contributed by atoms with Gasteiger partial charge in [0, 0.05) is 0 Å². The van der Waals surface area contributed by atoms with Crippen LogP contribution in [0.1, 0.15) is 128 Å². The molecule has 0 aliphatic rings. The predicted molar refractivity (Wildman–Crippen MR) is 137 cm³/mol. The summed E-state index contributed by atoms with van der Waals surface area (Å²) in [7, 11) is 0. The molecule has 0 saturated heterocycles. The summed E-state index contributed by atoms with van der Waals surface area (Å²) in [6.45, 7) is 18.9. The number of benzene rings is 1. The average Bonchev–Trinajstić information content (AvgIpc) is 2.68. The molecule has 1 rings (SSSR count). The van der Waals surface area contributed by atoms with Gasteiger partial charge in [0.15, 0.2) is 0 Å². The Labute approximate surface area is 190 Å². The average molecular weight is 415 g/mol. The van der Waals surface area contributed by atoms with Crippen molar-refractivity contribution in [3.8, 4) is 0 Å². The molecule has 1 aromatic carbocycles. The zero-order valence-electron chi connectivity index (χ0n) is 21.9. The lowest BCUT2D eigenvalue weighted by atomic mass is 9.89. The Morgan fingerprint density at radius 1 is 0.533 bits per heavy atom. The molecule has 174 valence electrons. The van der Waals surface area contributed by atoms with Gasteiger partial charge >= 0.3 is 0 Å². The summed E-state index contributed by atoms with van der Waals surface area (Å²) in [5.41, 5.74) is 6.05. The van der Waals surface area contributed by atoms with Crippen LogP contribution in [0, 0.1) is 44.4 Å². The summed E-state index contributed by atoms with van der Waals surface area (Å²) in [6.07, 6.45) is 16.9. The molecule has 0 aliphatic carbocycles. The van der Waals surface area contributed by atoms with E-state index in [0.717, 1.165) is 23.7 Å². The van der Waals surface area contributed by atoms with Crippen molar-refractivity contribution in [2.45, 2.75) is 132 Å². The normalized spacial score (nSPS) is 14.8. The Morgan fingerprint density at radius 3 is 1.50 bits per heavy atom. The molecule has 0 nitrogen and oxygen atoms in total.